The SMILES string of the molecule is NCCCCCC(=O)NCC(O)C(F)F. The number of hydrogen-bond donors (Lipinski definition) is 3. The van der Waals surface area contributed by atoms with Gasteiger partial charge in [-0.05, 0) is 19.4 Å². The Balaban J connectivity index is 3.41. The van der Waals surface area contributed by atoms with Gasteiger partial charge in [-0.1, -0.05) is 6.42 Å². The number of amides is 1. The minimum Gasteiger partial charge on any atom is -0.385 e. The Morgan fingerprint density at radius 3 is 2.53 bits per heavy atom. The van der Waals surface area contributed by atoms with Gasteiger partial charge in [0.25, 0.3) is 6.43 Å². The van der Waals surface area contributed by atoms with Crippen LogP contribution >= 0.6 is 0 Å². The largest absolute Gasteiger partial charge is 0.385 e. The Kier molecular flexibility index (Phi) is 8.12. The Bertz CT molecular complexity index is 179. The third-order valence-electron chi connectivity index (χ3n) is 1.91. The summed E-state index contributed by atoms with van der Waals surface area (Å²) in [7, 11) is 0. The summed E-state index contributed by atoms with van der Waals surface area (Å²) in [5.41, 5.74) is 5.26. The average molecular weight is 224 g/mol. The number of rotatable bonds is 8. The zero-order valence-corrected chi connectivity index (χ0v) is 8.59. The molecule has 0 aromatic carbocycles. The van der Waals surface area contributed by atoms with Crippen molar-refractivity contribution in [1.82, 2.24) is 5.32 Å². The second-order valence-corrected chi connectivity index (χ2v) is 3.31. The zero-order valence-electron chi connectivity index (χ0n) is 8.59. The van der Waals surface area contributed by atoms with Crippen LogP contribution in [0.3, 0.4) is 0 Å². The predicted octanol–water partition coefficient (Wildman–Crippen LogP) is 0.248. The minimum absolute atomic E-state index is 0.288. The Morgan fingerprint density at radius 1 is 1.33 bits per heavy atom. The molecule has 0 aromatic heterocycles. The van der Waals surface area contributed by atoms with Gasteiger partial charge in [0.05, 0.1) is 0 Å². The number of alkyl halides is 2. The molecular weight excluding hydrogens is 206 g/mol. The van der Waals surface area contributed by atoms with E-state index in [0.717, 1.165) is 12.8 Å². The number of carbonyl (C=O) groups is 1. The van der Waals surface area contributed by atoms with Gasteiger partial charge in [-0.25, -0.2) is 8.78 Å². The summed E-state index contributed by atoms with van der Waals surface area (Å²) in [6.45, 7) is 0.194. The van der Waals surface area contributed by atoms with Crippen LogP contribution in [0, 0.1) is 0 Å². The highest BCUT2D eigenvalue weighted by atomic mass is 19.3. The molecule has 90 valence electrons. The first-order chi connectivity index (χ1) is 7.07. The van der Waals surface area contributed by atoms with E-state index in [1.54, 1.807) is 0 Å². The molecule has 0 radical (unpaired) electrons. The molecule has 0 aliphatic carbocycles. The third-order valence-corrected chi connectivity index (χ3v) is 1.91. The summed E-state index contributed by atoms with van der Waals surface area (Å²) < 4.78 is 23.6. The number of halogens is 2. The molecule has 0 saturated carbocycles. The second kappa shape index (κ2) is 8.55. The van der Waals surface area contributed by atoms with Crippen LogP contribution in [-0.4, -0.2) is 36.6 Å². The normalized spacial score (nSPS) is 12.9. The van der Waals surface area contributed by atoms with Gasteiger partial charge in [0.2, 0.25) is 5.91 Å². The second-order valence-electron chi connectivity index (χ2n) is 3.31. The lowest BCUT2D eigenvalue weighted by molar-refractivity contribution is -0.122. The molecule has 0 saturated heterocycles. The van der Waals surface area contributed by atoms with Gasteiger partial charge in [0.15, 0.2) is 0 Å². The molecule has 1 unspecified atom stereocenters. The molecule has 0 aliphatic rings. The standard InChI is InChI=1S/C9H18F2N2O2/c10-9(11)7(14)6-13-8(15)4-2-1-3-5-12/h7,9,14H,1-6,12H2,(H,13,15). The van der Waals surface area contributed by atoms with E-state index in [9.17, 15) is 13.6 Å². The van der Waals surface area contributed by atoms with E-state index in [-0.39, 0.29) is 12.3 Å². The number of aliphatic hydroxyl groups excluding tert-OH is 1. The van der Waals surface area contributed by atoms with Gasteiger partial charge in [0, 0.05) is 13.0 Å². The maximum absolute atomic E-state index is 11.8. The molecule has 1 amide bonds. The molecule has 0 fully saturated rings. The average Bonchev–Trinajstić information content (AvgIpc) is 2.20. The monoisotopic (exact) mass is 224 g/mol. The molecule has 4 nitrogen and oxygen atoms in total. The number of unbranched alkanes of at least 4 members (excludes halogenated alkanes) is 2. The fourth-order valence-corrected chi connectivity index (χ4v) is 1.00. The number of nitrogens with two attached hydrogens (primary N) is 1. The van der Waals surface area contributed by atoms with Crippen molar-refractivity contribution in [3.8, 4) is 0 Å². The maximum atomic E-state index is 11.8. The topological polar surface area (TPSA) is 75.4 Å². The molecule has 15 heavy (non-hydrogen) atoms. The van der Waals surface area contributed by atoms with Crippen LogP contribution in [0.15, 0.2) is 0 Å². The summed E-state index contributed by atoms with van der Waals surface area (Å²) in [4.78, 5) is 11.0. The van der Waals surface area contributed by atoms with Crippen LogP contribution in [0.5, 0.6) is 0 Å². The van der Waals surface area contributed by atoms with Gasteiger partial charge in [-0.15, -0.1) is 0 Å². The molecule has 0 spiro atoms. The van der Waals surface area contributed by atoms with Crippen LogP contribution in [0.25, 0.3) is 0 Å². The van der Waals surface area contributed by atoms with E-state index in [2.05, 4.69) is 5.32 Å². The Morgan fingerprint density at radius 2 is 2.00 bits per heavy atom. The highest BCUT2D eigenvalue weighted by Crippen LogP contribution is 2.00. The van der Waals surface area contributed by atoms with Crippen LogP contribution < -0.4 is 11.1 Å². The Hall–Kier alpha value is -0.750. The molecular formula is C9H18F2N2O2. The van der Waals surface area contributed by atoms with Crippen molar-refractivity contribution >= 4 is 5.91 Å². The third kappa shape index (κ3) is 8.26. The van der Waals surface area contributed by atoms with Crippen molar-refractivity contribution in [2.24, 2.45) is 5.73 Å². The van der Waals surface area contributed by atoms with Crippen molar-refractivity contribution in [2.75, 3.05) is 13.1 Å². The van der Waals surface area contributed by atoms with E-state index in [1.165, 1.54) is 0 Å². The lowest BCUT2D eigenvalue weighted by Crippen LogP contribution is -2.35. The highest BCUT2D eigenvalue weighted by molar-refractivity contribution is 5.75. The van der Waals surface area contributed by atoms with Gasteiger partial charge >= 0.3 is 0 Å². The van der Waals surface area contributed by atoms with Crippen molar-refractivity contribution in [3.05, 3.63) is 0 Å². The van der Waals surface area contributed by atoms with E-state index < -0.39 is 19.1 Å². The van der Waals surface area contributed by atoms with E-state index in [4.69, 9.17) is 10.8 Å². The van der Waals surface area contributed by atoms with Crippen molar-refractivity contribution < 1.29 is 18.7 Å². The van der Waals surface area contributed by atoms with Gasteiger partial charge in [0.1, 0.15) is 6.10 Å². The molecule has 0 aliphatic heterocycles. The van der Waals surface area contributed by atoms with E-state index in [0.29, 0.717) is 13.0 Å². The van der Waals surface area contributed by atoms with Crippen LogP contribution in [0.4, 0.5) is 8.78 Å². The number of nitrogens with one attached hydrogen (secondary N) is 1. The summed E-state index contributed by atoms with van der Waals surface area (Å²) in [6, 6.07) is 0. The van der Waals surface area contributed by atoms with Gasteiger partial charge < -0.3 is 16.2 Å². The predicted molar refractivity (Wildman–Crippen MR) is 52.5 cm³/mol. The molecule has 0 rings (SSSR count). The number of carbonyl (C=O) groups excluding carboxylic acids is 1. The quantitative estimate of drug-likeness (QED) is 0.517. The van der Waals surface area contributed by atoms with Crippen molar-refractivity contribution in [1.29, 1.82) is 0 Å². The van der Waals surface area contributed by atoms with Crippen LogP contribution in [-0.2, 0) is 4.79 Å². The summed E-state index contributed by atoms with van der Waals surface area (Å²) >= 11 is 0. The van der Waals surface area contributed by atoms with E-state index in [1.807, 2.05) is 0 Å². The fraction of sp³-hybridized carbons (Fsp3) is 0.889. The van der Waals surface area contributed by atoms with Crippen LogP contribution in [0.2, 0.25) is 0 Å². The lowest BCUT2D eigenvalue weighted by Gasteiger charge is -2.10. The van der Waals surface area contributed by atoms with Crippen LogP contribution in [0.1, 0.15) is 25.7 Å². The maximum Gasteiger partial charge on any atom is 0.265 e. The Labute approximate surface area is 87.8 Å². The number of hydrogen-bond acceptors (Lipinski definition) is 3. The molecule has 0 heterocycles. The summed E-state index contributed by atoms with van der Waals surface area (Å²) in [5, 5.41) is 10.9. The fourth-order valence-electron chi connectivity index (χ4n) is 1.00. The first kappa shape index (κ1) is 14.2. The van der Waals surface area contributed by atoms with E-state index >= 15 is 0 Å². The minimum atomic E-state index is -2.82. The van der Waals surface area contributed by atoms with Crippen molar-refractivity contribution in [2.45, 2.75) is 38.2 Å². The van der Waals surface area contributed by atoms with Crippen molar-refractivity contribution in [3.63, 3.8) is 0 Å². The molecule has 6 heteroatoms. The zero-order chi connectivity index (χ0) is 11.7. The highest BCUT2D eigenvalue weighted by Gasteiger charge is 2.16. The van der Waals surface area contributed by atoms with Gasteiger partial charge in [-0.3, -0.25) is 4.79 Å². The summed E-state index contributed by atoms with van der Waals surface area (Å²) in [5.74, 6) is -0.313. The molecule has 1 atom stereocenters. The molecule has 0 bridgehead atoms. The number of aliphatic hydroxyl groups is 1. The molecule has 0 aromatic rings. The smallest absolute Gasteiger partial charge is 0.265 e. The molecule has 4 N–H and O–H groups in total. The van der Waals surface area contributed by atoms with Gasteiger partial charge in [-0.2, -0.15) is 0 Å². The first-order valence-corrected chi connectivity index (χ1v) is 5.01. The lowest BCUT2D eigenvalue weighted by atomic mass is 10.2. The summed E-state index contributed by atoms with van der Waals surface area (Å²) in [6.07, 6.45) is -1.92. The first-order valence-electron chi connectivity index (χ1n) is 5.01.